The van der Waals surface area contributed by atoms with Gasteiger partial charge in [-0.3, -0.25) is 4.79 Å². The summed E-state index contributed by atoms with van der Waals surface area (Å²) in [5, 5.41) is 12.2. The summed E-state index contributed by atoms with van der Waals surface area (Å²) in [5.41, 5.74) is 0.726. The van der Waals surface area contributed by atoms with Gasteiger partial charge >= 0.3 is 5.97 Å². The SMILES string of the molecule is Cc1c(C(=O)OC(C)C)sc(NC(=O)c2ccc(Br)o2)c1C#N. The molecule has 0 spiro atoms. The summed E-state index contributed by atoms with van der Waals surface area (Å²) in [7, 11) is 0. The topological polar surface area (TPSA) is 92.3 Å². The molecule has 0 saturated heterocycles. The van der Waals surface area contributed by atoms with E-state index in [1.165, 1.54) is 6.07 Å². The lowest BCUT2D eigenvalue weighted by atomic mass is 10.2. The third-order valence-corrected chi connectivity index (χ3v) is 4.42. The van der Waals surface area contributed by atoms with Crippen molar-refractivity contribution in [3.05, 3.63) is 38.6 Å². The fraction of sp³-hybridized carbons (Fsp3) is 0.267. The Balaban J connectivity index is 2.30. The molecule has 23 heavy (non-hydrogen) atoms. The molecule has 2 aromatic heterocycles. The zero-order valence-electron chi connectivity index (χ0n) is 12.6. The minimum Gasteiger partial charge on any atom is -0.459 e. The number of nitrogens with one attached hydrogen (secondary N) is 1. The first-order valence-electron chi connectivity index (χ1n) is 6.64. The van der Waals surface area contributed by atoms with Crippen molar-refractivity contribution in [1.29, 1.82) is 5.26 Å². The average Bonchev–Trinajstić information content (AvgIpc) is 3.02. The lowest BCUT2D eigenvalue weighted by Crippen LogP contribution is -2.11. The van der Waals surface area contributed by atoms with E-state index < -0.39 is 11.9 Å². The highest BCUT2D eigenvalue weighted by atomic mass is 79.9. The number of rotatable bonds is 4. The number of hydrogen-bond acceptors (Lipinski definition) is 6. The van der Waals surface area contributed by atoms with Gasteiger partial charge in [-0.05, 0) is 54.4 Å². The Bertz CT molecular complexity index is 801. The van der Waals surface area contributed by atoms with Crippen LogP contribution in [-0.4, -0.2) is 18.0 Å². The number of carbonyl (C=O) groups excluding carboxylic acids is 2. The van der Waals surface area contributed by atoms with Gasteiger partial charge < -0.3 is 14.5 Å². The molecule has 2 rings (SSSR count). The van der Waals surface area contributed by atoms with Gasteiger partial charge in [0.15, 0.2) is 10.4 Å². The summed E-state index contributed by atoms with van der Waals surface area (Å²) < 4.78 is 10.7. The number of anilines is 1. The van der Waals surface area contributed by atoms with Crippen molar-refractivity contribution >= 4 is 44.1 Å². The second-order valence-corrected chi connectivity index (χ2v) is 6.69. The number of ether oxygens (including phenoxy) is 1. The van der Waals surface area contributed by atoms with Gasteiger partial charge in [-0.15, -0.1) is 11.3 Å². The van der Waals surface area contributed by atoms with Gasteiger partial charge in [0.2, 0.25) is 0 Å². The summed E-state index contributed by atoms with van der Waals surface area (Å²) in [6.45, 7) is 5.12. The van der Waals surface area contributed by atoms with Crippen LogP contribution >= 0.6 is 27.3 Å². The molecule has 0 aliphatic rings. The molecular weight excluding hydrogens is 384 g/mol. The first-order chi connectivity index (χ1) is 10.8. The lowest BCUT2D eigenvalue weighted by Gasteiger charge is -2.06. The molecule has 0 bridgehead atoms. The summed E-state index contributed by atoms with van der Waals surface area (Å²) in [5.74, 6) is -0.921. The Kier molecular flexibility index (Phi) is 5.23. The molecule has 1 amide bonds. The van der Waals surface area contributed by atoms with E-state index in [1.54, 1.807) is 26.8 Å². The number of thiophene rings is 1. The molecule has 0 saturated carbocycles. The van der Waals surface area contributed by atoms with Gasteiger partial charge in [0.1, 0.15) is 15.9 Å². The van der Waals surface area contributed by atoms with Crippen molar-refractivity contribution in [2.24, 2.45) is 0 Å². The predicted octanol–water partition coefficient (Wildman–Crippen LogP) is 4.10. The van der Waals surface area contributed by atoms with Gasteiger partial charge in [-0.25, -0.2) is 4.79 Å². The van der Waals surface area contributed by atoms with Crippen LogP contribution in [0, 0.1) is 18.3 Å². The Morgan fingerprint density at radius 2 is 2.13 bits per heavy atom. The first kappa shape index (κ1) is 17.2. The molecule has 0 atom stereocenters. The highest BCUT2D eigenvalue weighted by Crippen LogP contribution is 2.33. The van der Waals surface area contributed by atoms with Crippen molar-refractivity contribution in [3.8, 4) is 6.07 Å². The minimum absolute atomic E-state index is 0.0955. The summed E-state index contributed by atoms with van der Waals surface area (Å²) in [4.78, 5) is 24.5. The fourth-order valence-electron chi connectivity index (χ4n) is 1.80. The number of furan rings is 1. The first-order valence-corrected chi connectivity index (χ1v) is 8.25. The molecule has 8 heteroatoms. The Labute approximate surface area is 145 Å². The fourth-order valence-corrected chi connectivity index (χ4v) is 3.14. The average molecular weight is 397 g/mol. The largest absolute Gasteiger partial charge is 0.459 e. The number of halogens is 1. The summed E-state index contributed by atoms with van der Waals surface area (Å²) in [6.07, 6.45) is -0.270. The second kappa shape index (κ2) is 6.98. The Morgan fingerprint density at radius 1 is 1.43 bits per heavy atom. The third kappa shape index (κ3) is 3.81. The maximum atomic E-state index is 12.1. The Hall–Kier alpha value is -2.11. The van der Waals surface area contributed by atoms with Crippen LogP contribution < -0.4 is 5.32 Å². The van der Waals surface area contributed by atoms with Gasteiger partial charge in [0.25, 0.3) is 5.91 Å². The molecule has 2 heterocycles. The smallest absolute Gasteiger partial charge is 0.348 e. The van der Waals surface area contributed by atoms with Crippen LogP contribution in [0.4, 0.5) is 5.00 Å². The third-order valence-electron chi connectivity index (χ3n) is 2.81. The molecule has 120 valence electrons. The van der Waals surface area contributed by atoms with Crippen molar-refractivity contribution in [3.63, 3.8) is 0 Å². The highest BCUT2D eigenvalue weighted by Gasteiger charge is 2.24. The van der Waals surface area contributed by atoms with Crippen LogP contribution in [0.3, 0.4) is 0 Å². The van der Waals surface area contributed by atoms with E-state index in [-0.39, 0.29) is 17.4 Å². The zero-order valence-corrected chi connectivity index (χ0v) is 15.0. The molecule has 1 N–H and O–H groups in total. The maximum Gasteiger partial charge on any atom is 0.348 e. The van der Waals surface area contributed by atoms with Crippen LogP contribution in [0.25, 0.3) is 0 Å². The summed E-state index contributed by atoms with van der Waals surface area (Å²) >= 11 is 4.12. The molecule has 6 nitrogen and oxygen atoms in total. The predicted molar refractivity (Wildman–Crippen MR) is 88.7 cm³/mol. The molecule has 2 aromatic rings. The lowest BCUT2D eigenvalue weighted by molar-refractivity contribution is 0.0383. The standard InChI is InChI=1S/C15H13BrN2O4S/c1-7(2)21-15(20)12-8(3)9(6-17)14(23-12)18-13(19)10-4-5-11(16)22-10/h4-5,7H,1-3H3,(H,18,19). The van der Waals surface area contributed by atoms with E-state index in [0.29, 0.717) is 20.1 Å². The van der Waals surface area contributed by atoms with Crippen LogP contribution in [-0.2, 0) is 4.74 Å². The van der Waals surface area contributed by atoms with E-state index in [1.807, 2.05) is 6.07 Å². The van der Waals surface area contributed by atoms with Gasteiger partial charge in [-0.1, -0.05) is 0 Å². The minimum atomic E-state index is -0.514. The molecule has 0 aliphatic carbocycles. The van der Waals surface area contributed by atoms with Gasteiger partial charge in [0.05, 0.1) is 11.7 Å². The van der Waals surface area contributed by atoms with Crippen molar-refractivity contribution in [1.82, 2.24) is 0 Å². The van der Waals surface area contributed by atoms with Crippen LogP contribution in [0.5, 0.6) is 0 Å². The normalized spacial score (nSPS) is 10.4. The van der Waals surface area contributed by atoms with Crippen LogP contribution in [0.1, 0.15) is 45.2 Å². The quantitative estimate of drug-likeness (QED) is 0.785. The van der Waals surface area contributed by atoms with Gasteiger partial charge in [-0.2, -0.15) is 5.26 Å². The molecular formula is C15H13BrN2O4S. The molecule has 0 fully saturated rings. The van der Waals surface area contributed by atoms with E-state index in [9.17, 15) is 14.9 Å². The van der Waals surface area contributed by atoms with Gasteiger partial charge in [0, 0.05) is 0 Å². The maximum absolute atomic E-state index is 12.1. The zero-order chi connectivity index (χ0) is 17.1. The van der Waals surface area contributed by atoms with Crippen LogP contribution in [0.15, 0.2) is 21.2 Å². The van der Waals surface area contributed by atoms with Crippen LogP contribution in [0.2, 0.25) is 0 Å². The summed E-state index contributed by atoms with van der Waals surface area (Å²) in [6, 6.07) is 5.09. The second-order valence-electron chi connectivity index (χ2n) is 4.88. The molecule has 0 unspecified atom stereocenters. The van der Waals surface area contributed by atoms with Crippen molar-refractivity contribution in [2.45, 2.75) is 26.9 Å². The van der Waals surface area contributed by atoms with Crippen molar-refractivity contribution in [2.75, 3.05) is 5.32 Å². The number of esters is 1. The monoisotopic (exact) mass is 396 g/mol. The van der Waals surface area contributed by atoms with E-state index in [4.69, 9.17) is 9.15 Å². The number of amides is 1. The number of carbonyl (C=O) groups is 2. The molecule has 0 aromatic carbocycles. The number of nitrogens with zero attached hydrogens (tertiary/aromatic N) is 1. The molecule has 0 aliphatic heterocycles. The van der Waals surface area contributed by atoms with E-state index >= 15 is 0 Å². The van der Waals surface area contributed by atoms with Crippen molar-refractivity contribution < 1.29 is 18.7 Å². The Morgan fingerprint density at radius 3 is 2.65 bits per heavy atom. The highest BCUT2D eigenvalue weighted by molar-refractivity contribution is 9.10. The molecule has 0 radical (unpaired) electrons. The van der Waals surface area contributed by atoms with E-state index in [0.717, 1.165) is 11.3 Å². The number of hydrogen-bond donors (Lipinski definition) is 1. The number of nitriles is 1. The van der Waals surface area contributed by atoms with E-state index in [2.05, 4.69) is 21.2 Å².